The minimum Gasteiger partial charge on any atom is -0.336 e. The van der Waals surface area contributed by atoms with Gasteiger partial charge in [-0.25, -0.2) is 0 Å². The standard InChI is InChI=1S/C10H20N2O/c1-7(2)6-12-9(13)5-8(11)10(12,3)4/h7-8H,5-6,11H2,1-4H3. The minimum absolute atomic E-state index is 0.0150. The van der Waals surface area contributed by atoms with Gasteiger partial charge >= 0.3 is 0 Å². The lowest BCUT2D eigenvalue weighted by molar-refractivity contribution is -0.131. The van der Waals surface area contributed by atoms with Crippen molar-refractivity contribution in [2.24, 2.45) is 11.7 Å². The third kappa shape index (κ3) is 1.85. The Morgan fingerprint density at radius 3 is 2.46 bits per heavy atom. The zero-order valence-electron chi connectivity index (χ0n) is 9.00. The highest BCUT2D eigenvalue weighted by Gasteiger charge is 2.43. The number of likely N-dealkylation sites (tertiary alicyclic amines) is 1. The van der Waals surface area contributed by atoms with Crippen LogP contribution in [0.5, 0.6) is 0 Å². The lowest BCUT2D eigenvalue weighted by Gasteiger charge is -2.35. The van der Waals surface area contributed by atoms with Crippen LogP contribution in [0.2, 0.25) is 0 Å². The third-order valence-electron chi connectivity index (χ3n) is 2.85. The first-order chi connectivity index (χ1) is 5.85. The van der Waals surface area contributed by atoms with Crippen molar-refractivity contribution in [1.29, 1.82) is 0 Å². The average molecular weight is 184 g/mol. The van der Waals surface area contributed by atoms with Gasteiger partial charge in [-0.2, -0.15) is 0 Å². The summed E-state index contributed by atoms with van der Waals surface area (Å²) in [5.41, 5.74) is 5.74. The quantitative estimate of drug-likeness (QED) is 0.695. The van der Waals surface area contributed by atoms with Crippen LogP contribution >= 0.6 is 0 Å². The lowest BCUT2D eigenvalue weighted by atomic mass is 9.96. The Balaban J connectivity index is 2.76. The number of nitrogens with zero attached hydrogens (tertiary/aromatic N) is 1. The van der Waals surface area contributed by atoms with Crippen molar-refractivity contribution in [3.8, 4) is 0 Å². The predicted molar refractivity (Wildman–Crippen MR) is 53.2 cm³/mol. The molecular weight excluding hydrogens is 164 g/mol. The fourth-order valence-electron chi connectivity index (χ4n) is 1.77. The van der Waals surface area contributed by atoms with Crippen molar-refractivity contribution in [2.45, 2.75) is 45.7 Å². The van der Waals surface area contributed by atoms with Crippen molar-refractivity contribution < 1.29 is 4.79 Å². The first-order valence-corrected chi connectivity index (χ1v) is 4.91. The Hall–Kier alpha value is -0.570. The molecule has 1 aliphatic rings. The minimum atomic E-state index is -0.165. The van der Waals surface area contributed by atoms with Crippen LogP contribution in [0, 0.1) is 5.92 Å². The second kappa shape index (κ2) is 3.29. The molecule has 1 saturated heterocycles. The van der Waals surface area contributed by atoms with E-state index < -0.39 is 0 Å². The van der Waals surface area contributed by atoms with E-state index in [4.69, 9.17) is 5.73 Å². The molecule has 1 atom stereocenters. The summed E-state index contributed by atoms with van der Waals surface area (Å²) in [7, 11) is 0. The van der Waals surface area contributed by atoms with Crippen LogP contribution in [-0.4, -0.2) is 28.9 Å². The van der Waals surface area contributed by atoms with E-state index >= 15 is 0 Å². The normalized spacial score (nSPS) is 27.4. The van der Waals surface area contributed by atoms with Crippen LogP contribution in [0.4, 0.5) is 0 Å². The number of hydrogen-bond acceptors (Lipinski definition) is 2. The molecule has 2 N–H and O–H groups in total. The van der Waals surface area contributed by atoms with Gasteiger partial charge in [-0.1, -0.05) is 13.8 Å². The number of nitrogens with two attached hydrogens (primary N) is 1. The van der Waals surface area contributed by atoms with E-state index in [-0.39, 0.29) is 17.5 Å². The Bertz CT molecular complexity index is 211. The summed E-state index contributed by atoms with van der Waals surface area (Å²) < 4.78 is 0. The maximum absolute atomic E-state index is 11.6. The highest BCUT2D eigenvalue weighted by molar-refractivity contribution is 5.80. The molecule has 0 radical (unpaired) electrons. The second-order valence-corrected chi connectivity index (χ2v) is 4.86. The van der Waals surface area contributed by atoms with Gasteiger partial charge in [0, 0.05) is 19.0 Å². The summed E-state index contributed by atoms with van der Waals surface area (Å²) in [5, 5.41) is 0. The highest BCUT2D eigenvalue weighted by Crippen LogP contribution is 2.29. The summed E-state index contributed by atoms with van der Waals surface area (Å²) in [4.78, 5) is 13.5. The SMILES string of the molecule is CC(C)CN1C(=O)CC(N)C1(C)C. The van der Waals surface area contributed by atoms with Crippen LogP contribution in [-0.2, 0) is 4.79 Å². The van der Waals surface area contributed by atoms with Gasteiger partial charge < -0.3 is 10.6 Å². The molecule has 0 spiro atoms. The summed E-state index contributed by atoms with van der Waals surface area (Å²) in [6, 6.07) is -0.0150. The molecule has 0 bridgehead atoms. The van der Waals surface area contributed by atoms with Crippen molar-refractivity contribution >= 4 is 5.91 Å². The molecule has 0 aromatic carbocycles. The molecule has 1 rings (SSSR count). The summed E-state index contributed by atoms with van der Waals surface area (Å²) in [5.74, 6) is 0.708. The molecule has 3 heteroatoms. The van der Waals surface area contributed by atoms with Gasteiger partial charge in [0.2, 0.25) is 5.91 Å². The summed E-state index contributed by atoms with van der Waals surface area (Å²) in [6.07, 6.45) is 0.500. The Labute approximate surface area is 80.3 Å². The van der Waals surface area contributed by atoms with Crippen molar-refractivity contribution in [3.63, 3.8) is 0 Å². The molecule has 0 aliphatic carbocycles. The van der Waals surface area contributed by atoms with E-state index in [1.165, 1.54) is 0 Å². The predicted octanol–water partition coefficient (Wildman–Crippen LogP) is 0.981. The van der Waals surface area contributed by atoms with Crippen LogP contribution < -0.4 is 5.73 Å². The molecule has 1 fully saturated rings. The smallest absolute Gasteiger partial charge is 0.224 e. The zero-order chi connectivity index (χ0) is 10.2. The largest absolute Gasteiger partial charge is 0.336 e. The Kier molecular flexibility index (Phi) is 2.66. The fourth-order valence-corrected chi connectivity index (χ4v) is 1.77. The third-order valence-corrected chi connectivity index (χ3v) is 2.85. The molecule has 3 nitrogen and oxygen atoms in total. The number of carbonyl (C=O) groups excluding carboxylic acids is 1. The monoisotopic (exact) mass is 184 g/mol. The molecule has 76 valence electrons. The topological polar surface area (TPSA) is 46.3 Å². The van der Waals surface area contributed by atoms with Gasteiger partial charge in [0.25, 0.3) is 0 Å². The first kappa shape index (κ1) is 10.5. The first-order valence-electron chi connectivity index (χ1n) is 4.91. The van der Waals surface area contributed by atoms with Crippen molar-refractivity contribution in [3.05, 3.63) is 0 Å². The van der Waals surface area contributed by atoms with E-state index in [1.807, 2.05) is 18.7 Å². The van der Waals surface area contributed by atoms with E-state index in [0.29, 0.717) is 12.3 Å². The lowest BCUT2D eigenvalue weighted by Crippen LogP contribution is -2.50. The molecule has 1 unspecified atom stereocenters. The molecule has 1 amide bonds. The fraction of sp³-hybridized carbons (Fsp3) is 0.900. The molecule has 0 aromatic heterocycles. The molecule has 0 saturated carbocycles. The zero-order valence-corrected chi connectivity index (χ0v) is 9.00. The number of rotatable bonds is 2. The van der Waals surface area contributed by atoms with Gasteiger partial charge in [-0.05, 0) is 19.8 Å². The molecule has 1 aliphatic heterocycles. The van der Waals surface area contributed by atoms with E-state index in [1.54, 1.807) is 0 Å². The molecular formula is C10H20N2O. The summed E-state index contributed by atoms with van der Waals surface area (Å²) in [6.45, 7) is 9.15. The van der Waals surface area contributed by atoms with E-state index in [9.17, 15) is 4.79 Å². The van der Waals surface area contributed by atoms with E-state index in [2.05, 4.69) is 13.8 Å². The molecule has 0 aromatic rings. The second-order valence-electron chi connectivity index (χ2n) is 4.86. The van der Waals surface area contributed by atoms with Crippen LogP contribution in [0.25, 0.3) is 0 Å². The molecule has 1 heterocycles. The van der Waals surface area contributed by atoms with Crippen molar-refractivity contribution in [2.75, 3.05) is 6.54 Å². The molecule has 13 heavy (non-hydrogen) atoms. The van der Waals surface area contributed by atoms with Gasteiger partial charge in [0.05, 0.1) is 5.54 Å². The number of hydrogen-bond donors (Lipinski definition) is 1. The van der Waals surface area contributed by atoms with Gasteiger partial charge in [0.15, 0.2) is 0 Å². The number of amides is 1. The van der Waals surface area contributed by atoms with Gasteiger partial charge in [0.1, 0.15) is 0 Å². The van der Waals surface area contributed by atoms with Crippen LogP contribution in [0.1, 0.15) is 34.1 Å². The van der Waals surface area contributed by atoms with Crippen molar-refractivity contribution in [1.82, 2.24) is 4.90 Å². The van der Waals surface area contributed by atoms with Gasteiger partial charge in [-0.15, -0.1) is 0 Å². The average Bonchev–Trinajstić information content (AvgIpc) is 2.13. The van der Waals surface area contributed by atoms with Crippen LogP contribution in [0.15, 0.2) is 0 Å². The maximum atomic E-state index is 11.6. The number of carbonyl (C=O) groups is 1. The van der Waals surface area contributed by atoms with E-state index in [0.717, 1.165) is 6.54 Å². The van der Waals surface area contributed by atoms with Gasteiger partial charge in [-0.3, -0.25) is 4.79 Å². The Morgan fingerprint density at radius 1 is 1.62 bits per heavy atom. The highest BCUT2D eigenvalue weighted by atomic mass is 16.2. The summed E-state index contributed by atoms with van der Waals surface area (Å²) >= 11 is 0. The van der Waals surface area contributed by atoms with Crippen LogP contribution in [0.3, 0.4) is 0 Å². The maximum Gasteiger partial charge on any atom is 0.224 e. The Morgan fingerprint density at radius 2 is 2.15 bits per heavy atom.